The lowest BCUT2D eigenvalue weighted by Crippen LogP contribution is -2.49. The third-order valence-corrected chi connectivity index (χ3v) is 6.00. The van der Waals surface area contributed by atoms with Crippen LogP contribution in [-0.4, -0.2) is 35.5 Å². The number of nitrogens with zero attached hydrogens (tertiary/aromatic N) is 2. The number of anilines is 2. The van der Waals surface area contributed by atoms with Gasteiger partial charge in [-0.25, -0.2) is 0 Å². The van der Waals surface area contributed by atoms with E-state index >= 15 is 0 Å². The highest BCUT2D eigenvalue weighted by Gasteiger charge is 2.35. The van der Waals surface area contributed by atoms with Crippen LogP contribution < -0.4 is 20.3 Å². The molecule has 9 nitrogen and oxygen atoms in total. The molecule has 202 valence electrons. The van der Waals surface area contributed by atoms with E-state index in [1.165, 1.54) is 4.90 Å². The van der Waals surface area contributed by atoms with Crippen LogP contribution in [0.3, 0.4) is 0 Å². The highest BCUT2D eigenvalue weighted by atomic mass is 16.5. The van der Waals surface area contributed by atoms with Gasteiger partial charge in [0, 0.05) is 30.1 Å². The number of benzene rings is 2. The zero-order chi connectivity index (χ0) is 28.0. The second-order valence-corrected chi connectivity index (χ2v) is 10.3. The van der Waals surface area contributed by atoms with E-state index in [1.807, 2.05) is 52.8 Å². The molecule has 1 heterocycles. The molecule has 0 aliphatic heterocycles. The molecule has 3 amide bonds. The summed E-state index contributed by atoms with van der Waals surface area (Å²) in [4.78, 5) is 41.7. The number of ether oxygens (including phenoxy) is 1. The second kappa shape index (κ2) is 11.9. The zero-order valence-corrected chi connectivity index (χ0v) is 23.0. The number of rotatable bonds is 9. The van der Waals surface area contributed by atoms with Gasteiger partial charge in [0.25, 0.3) is 0 Å². The summed E-state index contributed by atoms with van der Waals surface area (Å²) in [7, 11) is 1.57. The number of hydrogen-bond acceptors (Lipinski definition) is 6. The van der Waals surface area contributed by atoms with Gasteiger partial charge in [0.2, 0.25) is 17.7 Å². The molecule has 3 aromatic rings. The van der Waals surface area contributed by atoms with Crippen molar-refractivity contribution in [1.29, 1.82) is 0 Å². The van der Waals surface area contributed by atoms with Crippen molar-refractivity contribution in [3.05, 3.63) is 71.0 Å². The summed E-state index contributed by atoms with van der Waals surface area (Å²) < 4.78 is 10.3. The number of amides is 3. The van der Waals surface area contributed by atoms with Crippen molar-refractivity contribution in [2.24, 2.45) is 0 Å². The van der Waals surface area contributed by atoms with E-state index in [0.29, 0.717) is 22.8 Å². The van der Waals surface area contributed by atoms with Gasteiger partial charge >= 0.3 is 0 Å². The maximum Gasteiger partial charge on any atom is 0.248 e. The van der Waals surface area contributed by atoms with Crippen LogP contribution in [0.1, 0.15) is 62.1 Å². The minimum Gasteiger partial charge on any atom is -0.497 e. The Morgan fingerprint density at radius 3 is 2.29 bits per heavy atom. The molecule has 1 aromatic heterocycles. The monoisotopic (exact) mass is 520 g/mol. The first kappa shape index (κ1) is 28.4. The fraction of sp³-hybridized carbons (Fsp3) is 0.379. The number of carbonyl (C=O) groups excluding carboxylic acids is 3. The predicted octanol–water partition coefficient (Wildman–Crippen LogP) is 5.02. The van der Waals surface area contributed by atoms with Gasteiger partial charge in [-0.2, -0.15) is 0 Å². The van der Waals surface area contributed by atoms with Gasteiger partial charge in [-0.1, -0.05) is 29.4 Å². The molecule has 0 bridgehead atoms. The first-order valence-corrected chi connectivity index (χ1v) is 12.5. The van der Waals surface area contributed by atoms with E-state index in [1.54, 1.807) is 44.4 Å². The number of carbonyl (C=O) groups is 3. The summed E-state index contributed by atoms with van der Waals surface area (Å²) in [6, 6.07) is 13.3. The number of aromatic nitrogens is 1. The minimum atomic E-state index is -0.977. The summed E-state index contributed by atoms with van der Waals surface area (Å²) in [5.74, 6) is 0.395. The predicted molar refractivity (Wildman–Crippen MR) is 146 cm³/mol. The Morgan fingerprint density at radius 2 is 1.71 bits per heavy atom. The third-order valence-electron chi connectivity index (χ3n) is 6.00. The van der Waals surface area contributed by atoms with Gasteiger partial charge in [-0.05, 0) is 76.4 Å². The van der Waals surface area contributed by atoms with Crippen molar-refractivity contribution in [3.8, 4) is 5.75 Å². The Kier molecular flexibility index (Phi) is 8.93. The Balaban J connectivity index is 2.01. The molecule has 0 spiro atoms. The van der Waals surface area contributed by atoms with Crippen LogP contribution >= 0.6 is 0 Å². The Bertz CT molecular complexity index is 1290. The molecule has 0 saturated heterocycles. The fourth-order valence-corrected chi connectivity index (χ4v) is 4.03. The fourth-order valence-electron chi connectivity index (χ4n) is 4.03. The van der Waals surface area contributed by atoms with Crippen molar-refractivity contribution in [1.82, 2.24) is 10.5 Å². The molecule has 0 radical (unpaired) electrons. The Hall–Kier alpha value is -4.14. The molecular weight excluding hydrogens is 484 g/mol. The van der Waals surface area contributed by atoms with Crippen LogP contribution in [0.15, 0.2) is 53.1 Å². The van der Waals surface area contributed by atoms with Gasteiger partial charge in [-0.3, -0.25) is 19.3 Å². The number of methoxy groups -OCH3 is 1. The smallest absolute Gasteiger partial charge is 0.248 e. The minimum absolute atomic E-state index is 0.0949. The zero-order valence-electron chi connectivity index (χ0n) is 23.0. The van der Waals surface area contributed by atoms with E-state index in [-0.39, 0.29) is 36.4 Å². The van der Waals surface area contributed by atoms with E-state index in [0.717, 1.165) is 11.1 Å². The molecule has 1 atom stereocenters. The Labute approximate surface area is 223 Å². The largest absolute Gasteiger partial charge is 0.497 e. The maximum atomic E-state index is 13.9. The molecule has 0 saturated carbocycles. The standard InChI is InChI=1S/C29H36N4O5/c1-18-9-8-10-23(20(18)3)33(26(35)16-15-25(34)30-24-17-19(2)38-32-24)27(28(36)31-29(4,5)6)21-11-13-22(37-7)14-12-21/h8-14,17,27H,15-16H2,1-7H3,(H,31,36)(H,30,32,34)/t27-/m0/s1. The highest BCUT2D eigenvalue weighted by molar-refractivity contribution is 6.03. The van der Waals surface area contributed by atoms with Gasteiger partial charge in [0.05, 0.1) is 7.11 Å². The van der Waals surface area contributed by atoms with Crippen molar-refractivity contribution in [2.45, 2.75) is 66.0 Å². The van der Waals surface area contributed by atoms with Crippen molar-refractivity contribution < 1.29 is 23.6 Å². The SMILES string of the molecule is COc1ccc([C@@H](C(=O)NC(C)(C)C)N(C(=O)CCC(=O)Nc2cc(C)on2)c2cccc(C)c2C)cc1. The van der Waals surface area contributed by atoms with E-state index < -0.39 is 11.6 Å². The van der Waals surface area contributed by atoms with E-state index in [9.17, 15) is 14.4 Å². The van der Waals surface area contributed by atoms with Crippen molar-refractivity contribution in [2.75, 3.05) is 17.3 Å². The molecule has 0 unspecified atom stereocenters. The van der Waals surface area contributed by atoms with Gasteiger partial charge in [0.15, 0.2) is 5.82 Å². The van der Waals surface area contributed by atoms with Crippen LogP contribution in [0.25, 0.3) is 0 Å². The third kappa shape index (κ3) is 7.21. The number of hydrogen-bond donors (Lipinski definition) is 2. The molecule has 38 heavy (non-hydrogen) atoms. The normalized spacial score (nSPS) is 12.0. The van der Waals surface area contributed by atoms with Crippen LogP contribution in [0.2, 0.25) is 0 Å². The van der Waals surface area contributed by atoms with Crippen LogP contribution in [-0.2, 0) is 14.4 Å². The van der Waals surface area contributed by atoms with Crippen LogP contribution in [0.4, 0.5) is 11.5 Å². The van der Waals surface area contributed by atoms with Crippen molar-refractivity contribution in [3.63, 3.8) is 0 Å². The number of aryl methyl sites for hydroxylation is 2. The summed E-state index contributed by atoms with van der Waals surface area (Å²) in [6.07, 6.45) is -0.214. The molecule has 2 N–H and O–H groups in total. The first-order chi connectivity index (χ1) is 17.9. The van der Waals surface area contributed by atoms with E-state index in [4.69, 9.17) is 9.26 Å². The highest BCUT2D eigenvalue weighted by Crippen LogP contribution is 2.33. The molecule has 3 rings (SSSR count). The number of nitrogens with one attached hydrogen (secondary N) is 2. The summed E-state index contributed by atoms with van der Waals surface area (Å²) in [5, 5.41) is 9.42. The van der Waals surface area contributed by atoms with Crippen molar-refractivity contribution >= 4 is 29.2 Å². The summed E-state index contributed by atoms with van der Waals surface area (Å²) in [5.41, 5.74) is 2.53. The average molecular weight is 521 g/mol. The van der Waals surface area contributed by atoms with Crippen LogP contribution in [0.5, 0.6) is 5.75 Å². The first-order valence-electron chi connectivity index (χ1n) is 12.5. The summed E-state index contributed by atoms with van der Waals surface area (Å²) in [6.45, 7) is 11.2. The molecule has 0 aliphatic rings. The molecular formula is C29H36N4O5. The molecule has 0 aliphatic carbocycles. The molecule has 2 aromatic carbocycles. The van der Waals surface area contributed by atoms with Gasteiger partial charge in [0.1, 0.15) is 17.6 Å². The van der Waals surface area contributed by atoms with Gasteiger partial charge < -0.3 is 19.9 Å². The lowest BCUT2D eigenvalue weighted by atomic mass is 9.98. The quantitative estimate of drug-likeness (QED) is 0.410. The topological polar surface area (TPSA) is 114 Å². The lowest BCUT2D eigenvalue weighted by molar-refractivity contribution is -0.128. The average Bonchev–Trinajstić information content (AvgIpc) is 3.26. The second-order valence-electron chi connectivity index (χ2n) is 10.3. The van der Waals surface area contributed by atoms with Gasteiger partial charge in [-0.15, -0.1) is 0 Å². The molecule has 0 fully saturated rings. The maximum absolute atomic E-state index is 13.9. The lowest BCUT2D eigenvalue weighted by Gasteiger charge is -2.35. The van der Waals surface area contributed by atoms with E-state index in [2.05, 4.69) is 15.8 Å². The molecule has 9 heteroatoms. The van der Waals surface area contributed by atoms with Crippen LogP contribution in [0, 0.1) is 20.8 Å². The Morgan fingerprint density at radius 1 is 1.03 bits per heavy atom. The summed E-state index contributed by atoms with van der Waals surface area (Å²) >= 11 is 0.